The number of urea groups is 1. The minimum absolute atomic E-state index is 0.208. The van der Waals surface area contributed by atoms with E-state index >= 15 is 0 Å². The van der Waals surface area contributed by atoms with Crippen LogP contribution in [0.4, 0.5) is 4.79 Å². The molecule has 0 atom stereocenters. The van der Waals surface area contributed by atoms with E-state index in [-0.39, 0.29) is 6.03 Å². The van der Waals surface area contributed by atoms with E-state index in [0.717, 1.165) is 16.9 Å². The molecule has 0 heterocycles. The third kappa shape index (κ3) is 6.09. The average molecular weight is 372 g/mol. The highest BCUT2D eigenvalue weighted by Crippen LogP contribution is 2.27. The molecule has 0 aliphatic heterocycles. The zero-order valence-electron chi connectivity index (χ0n) is 16.4. The van der Waals surface area contributed by atoms with Crippen LogP contribution in [-0.4, -0.2) is 39.9 Å². The third-order valence-corrected chi connectivity index (χ3v) is 4.35. The van der Waals surface area contributed by atoms with Crippen molar-refractivity contribution in [3.63, 3.8) is 0 Å². The maximum Gasteiger partial charge on any atom is 0.314 e. The molecule has 0 unspecified atom stereocenters. The molecule has 0 saturated carbocycles. The van der Waals surface area contributed by atoms with Crippen LogP contribution < -0.4 is 24.8 Å². The van der Waals surface area contributed by atoms with Crippen LogP contribution in [-0.2, 0) is 6.42 Å². The van der Waals surface area contributed by atoms with Gasteiger partial charge in [-0.15, -0.1) is 0 Å². The summed E-state index contributed by atoms with van der Waals surface area (Å²) < 4.78 is 16.2. The van der Waals surface area contributed by atoms with Gasteiger partial charge in [-0.25, -0.2) is 4.79 Å². The molecule has 0 radical (unpaired) electrons. The van der Waals surface area contributed by atoms with Gasteiger partial charge in [-0.05, 0) is 55.2 Å². The summed E-state index contributed by atoms with van der Waals surface area (Å²) in [6.07, 6.45) is 0.701. The Balaban J connectivity index is 1.67. The number of carbonyl (C=O) groups is 1. The molecule has 2 aromatic rings. The lowest BCUT2D eigenvalue weighted by atomic mass is 10.1. The number of hydrogen-bond donors (Lipinski definition) is 2. The number of rotatable bonds is 9. The van der Waals surface area contributed by atoms with Gasteiger partial charge in [0.2, 0.25) is 0 Å². The van der Waals surface area contributed by atoms with Gasteiger partial charge in [-0.3, -0.25) is 0 Å². The first-order valence-corrected chi connectivity index (χ1v) is 8.96. The summed E-state index contributed by atoms with van der Waals surface area (Å²) in [6, 6.07) is 11.5. The Morgan fingerprint density at radius 1 is 0.926 bits per heavy atom. The lowest BCUT2D eigenvalue weighted by molar-refractivity contribution is 0.236. The van der Waals surface area contributed by atoms with E-state index in [1.165, 1.54) is 5.56 Å². The molecule has 146 valence electrons. The van der Waals surface area contributed by atoms with E-state index in [1.54, 1.807) is 14.2 Å². The van der Waals surface area contributed by atoms with E-state index < -0.39 is 0 Å². The number of nitrogens with one attached hydrogen (secondary N) is 2. The molecule has 2 rings (SSSR count). The van der Waals surface area contributed by atoms with Crippen LogP contribution in [0.3, 0.4) is 0 Å². The van der Waals surface area contributed by atoms with Crippen molar-refractivity contribution in [1.82, 2.24) is 10.6 Å². The zero-order chi connectivity index (χ0) is 19.6. The van der Waals surface area contributed by atoms with Crippen LogP contribution in [0.15, 0.2) is 36.4 Å². The summed E-state index contributed by atoms with van der Waals surface area (Å²) in [5, 5.41) is 5.63. The number of carbonyl (C=O) groups excluding carboxylic acids is 1. The summed E-state index contributed by atoms with van der Waals surface area (Å²) >= 11 is 0. The predicted molar refractivity (Wildman–Crippen MR) is 106 cm³/mol. The SMILES string of the molecule is COc1ccc(CCNC(=O)NCCOc2cccc(C)c2C)cc1OC. The first kappa shape index (κ1) is 20.4. The zero-order valence-corrected chi connectivity index (χ0v) is 16.4. The van der Waals surface area contributed by atoms with Crippen LogP contribution in [0.2, 0.25) is 0 Å². The quantitative estimate of drug-likeness (QED) is 0.663. The molecule has 0 aliphatic rings. The molecule has 6 nitrogen and oxygen atoms in total. The average Bonchev–Trinajstić information content (AvgIpc) is 2.68. The van der Waals surface area contributed by atoms with Crippen molar-refractivity contribution in [2.24, 2.45) is 0 Å². The van der Waals surface area contributed by atoms with E-state index in [0.29, 0.717) is 37.6 Å². The lowest BCUT2D eigenvalue weighted by Crippen LogP contribution is -2.38. The molecule has 27 heavy (non-hydrogen) atoms. The number of hydrogen-bond acceptors (Lipinski definition) is 4. The lowest BCUT2D eigenvalue weighted by Gasteiger charge is -2.12. The number of amides is 2. The Morgan fingerprint density at radius 3 is 2.41 bits per heavy atom. The van der Waals surface area contributed by atoms with Crippen molar-refractivity contribution in [1.29, 1.82) is 0 Å². The molecule has 0 saturated heterocycles. The summed E-state index contributed by atoms with van der Waals surface area (Å²) in [5.41, 5.74) is 3.37. The van der Waals surface area contributed by atoms with Crippen LogP contribution in [0.1, 0.15) is 16.7 Å². The van der Waals surface area contributed by atoms with Gasteiger partial charge < -0.3 is 24.8 Å². The van der Waals surface area contributed by atoms with Crippen molar-refractivity contribution < 1.29 is 19.0 Å². The topological polar surface area (TPSA) is 68.8 Å². The van der Waals surface area contributed by atoms with Gasteiger partial charge in [0.1, 0.15) is 12.4 Å². The van der Waals surface area contributed by atoms with E-state index in [1.807, 2.05) is 50.2 Å². The van der Waals surface area contributed by atoms with Gasteiger partial charge >= 0.3 is 6.03 Å². The second-order valence-corrected chi connectivity index (χ2v) is 6.17. The van der Waals surface area contributed by atoms with Crippen LogP contribution in [0, 0.1) is 13.8 Å². The summed E-state index contributed by atoms with van der Waals surface area (Å²) in [4.78, 5) is 11.9. The van der Waals surface area contributed by atoms with Gasteiger partial charge in [0.05, 0.1) is 20.8 Å². The summed E-state index contributed by atoms with van der Waals surface area (Å²) in [7, 11) is 3.21. The Labute approximate surface area is 160 Å². The second kappa shape index (κ2) is 10.3. The Bertz CT molecular complexity index is 762. The summed E-state index contributed by atoms with van der Waals surface area (Å²) in [5.74, 6) is 2.23. The fraction of sp³-hybridized carbons (Fsp3) is 0.381. The monoisotopic (exact) mass is 372 g/mol. The highest BCUT2D eigenvalue weighted by Gasteiger charge is 2.06. The maximum atomic E-state index is 11.9. The van der Waals surface area contributed by atoms with Gasteiger partial charge in [-0.2, -0.15) is 0 Å². The Hall–Kier alpha value is -2.89. The largest absolute Gasteiger partial charge is 0.493 e. The van der Waals surface area contributed by atoms with E-state index in [9.17, 15) is 4.79 Å². The van der Waals surface area contributed by atoms with Crippen LogP contribution in [0.25, 0.3) is 0 Å². The molecule has 2 N–H and O–H groups in total. The molecular formula is C21H28N2O4. The smallest absolute Gasteiger partial charge is 0.314 e. The van der Waals surface area contributed by atoms with Gasteiger partial charge in [0.15, 0.2) is 11.5 Å². The highest BCUT2D eigenvalue weighted by atomic mass is 16.5. The van der Waals surface area contributed by atoms with E-state index in [2.05, 4.69) is 10.6 Å². The second-order valence-electron chi connectivity index (χ2n) is 6.17. The molecule has 0 aromatic heterocycles. The van der Waals surface area contributed by atoms with Crippen molar-refractivity contribution in [2.75, 3.05) is 33.9 Å². The number of methoxy groups -OCH3 is 2. The molecule has 2 aromatic carbocycles. The Kier molecular flexibility index (Phi) is 7.79. The van der Waals surface area contributed by atoms with Gasteiger partial charge in [0, 0.05) is 6.54 Å². The maximum absolute atomic E-state index is 11.9. The number of benzene rings is 2. The van der Waals surface area contributed by atoms with Gasteiger partial charge in [0.25, 0.3) is 0 Å². The fourth-order valence-corrected chi connectivity index (χ4v) is 2.63. The number of aryl methyl sites for hydroxylation is 1. The summed E-state index contributed by atoms with van der Waals surface area (Å²) in [6.45, 7) is 5.47. The van der Waals surface area contributed by atoms with Crippen molar-refractivity contribution in [3.05, 3.63) is 53.1 Å². The third-order valence-electron chi connectivity index (χ3n) is 4.35. The number of ether oxygens (including phenoxy) is 3. The molecule has 2 amide bonds. The minimum atomic E-state index is -0.208. The first-order chi connectivity index (χ1) is 13.0. The molecule has 0 spiro atoms. The standard InChI is InChI=1S/C21H28N2O4/c1-15-6-5-7-18(16(15)2)27-13-12-23-21(24)22-11-10-17-8-9-19(25-3)20(14-17)26-4/h5-9,14H,10-13H2,1-4H3,(H2,22,23,24). The van der Waals surface area contributed by atoms with Crippen molar-refractivity contribution >= 4 is 6.03 Å². The normalized spacial score (nSPS) is 10.2. The predicted octanol–water partition coefficient (Wildman–Crippen LogP) is 3.24. The molecule has 0 fully saturated rings. The molecule has 0 bridgehead atoms. The Morgan fingerprint density at radius 2 is 1.67 bits per heavy atom. The fourth-order valence-electron chi connectivity index (χ4n) is 2.63. The minimum Gasteiger partial charge on any atom is -0.493 e. The van der Waals surface area contributed by atoms with Gasteiger partial charge in [-0.1, -0.05) is 18.2 Å². The molecule has 0 aliphatic carbocycles. The molecule has 6 heteroatoms. The van der Waals surface area contributed by atoms with Crippen LogP contribution in [0.5, 0.6) is 17.2 Å². The highest BCUT2D eigenvalue weighted by molar-refractivity contribution is 5.73. The first-order valence-electron chi connectivity index (χ1n) is 8.96. The van der Waals surface area contributed by atoms with Crippen molar-refractivity contribution in [2.45, 2.75) is 20.3 Å². The van der Waals surface area contributed by atoms with Crippen molar-refractivity contribution in [3.8, 4) is 17.2 Å². The molecular weight excluding hydrogens is 344 g/mol. The van der Waals surface area contributed by atoms with E-state index in [4.69, 9.17) is 14.2 Å². The van der Waals surface area contributed by atoms with Crippen LogP contribution >= 0.6 is 0 Å².